The van der Waals surface area contributed by atoms with Crippen molar-refractivity contribution in [3.63, 3.8) is 0 Å². The van der Waals surface area contributed by atoms with Crippen molar-refractivity contribution in [2.24, 2.45) is 0 Å². The number of amides is 2. The van der Waals surface area contributed by atoms with Gasteiger partial charge in [-0.15, -0.1) is 11.3 Å². The van der Waals surface area contributed by atoms with Crippen molar-refractivity contribution in [1.82, 2.24) is 15.2 Å². The van der Waals surface area contributed by atoms with E-state index in [9.17, 15) is 22.8 Å². The highest BCUT2D eigenvalue weighted by Gasteiger charge is 2.36. The predicted octanol–water partition coefficient (Wildman–Crippen LogP) is 4.65. The molecule has 180 valence electrons. The van der Waals surface area contributed by atoms with E-state index in [1.807, 2.05) is 6.92 Å². The first-order valence-corrected chi connectivity index (χ1v) is 12.0. The molecule has 4 heterocycles. The topological polar surface area (TPSA) is 74.8 Å². The minimum atomic E-state index is -4.57. The molecule has 4 rings (SSSR count). The molecule has 7 nitrogen and oxygen atoms in total. The molecular weight excluding hydrogens is 457 g/mol. The number of halogens is 3. The van der Waals surface area contributed by atoms with Gasteiger partial charge in [0, 0.05) is 50.9 Å². The Labute approximate surface area is 193 Å². The summed E-state index contributed by atoms with van der Waals surface area (Å²) >= 11 is 0.863. The van der Waals surface area contributed by atoms with Gasteiger partial charge in [0.15, 0.2) is 0 Å². The number of piperidine rings is 2. The molecule has 2 aromatic heterocycles. The summed E-state index contributed by atoms with van der Waals surface area (Å²) in [6.45, 7) is 3.52. The van der Waals surface area contributed by atoms with Gasteiger partial charge in [0.25, 0.3) is 5.91 Å². The first kappa shape index (κ1) is 23.6. The second-order valence-corrected chi connectivity index (χ2v) is 9.42. The van der Waals surface area contributed by atoms with E-state index >= 15 is 0 Å². The maximum atomic E-state index is 13.8. The van der Waals surface area contributed by atoms with Crippen molar-refractivity contribution in [3.8, 4) is 0 Å². The molecule has 33 heavy (non-hydrogen) atoms. The zero-order valence-corrected chi connectivity index (χ0v) is 19.4. The van der Waals surface area contributed by atoms with Gasteiger partial charge in [-0.2, -0.15) is 13.2 Å². The lowest BCUT2D eigenvalue weighted by Crippen LogP contribution is -2.45. The Morgan fingerprint density at radius 1 is 1.18 bits per heavy atom. The molecule has 2 aliphatic heterocycles. The van der Waals surface area contributed by atoms with Crippen LogP contribution in [0.4, 0.5) is 23.8 Å². The van der Waals surface area contributed by atoms with Gasteiger partial charge in [-0.3, -0.25) is 4.79 Å². The molecule has 2 saturated heterocycles. The summed E-state index contributed by atoms with van der Waals surface area (Å²) in [5, 5.41) is 3.86. The minimum absolute atomic E-state index is 0.0516. The average Bonchev–Trinajstić information content (AvgIpc) is 3.22. The van der Waals surface area contributed by atoms with Gasteiger partial charge in [-0.25, -0.2) is 9.78 Å². The van der Waals surface area contributed by atoms with E-state index in [1.54, 1.807) is 9.80 Å². The summed E-state index contributed by atoms with van der Waals surface area (Å²) in [6.07, 6.45) is -1.13. The molecule has 1 N–H and O–H groups in total. The fourth-order valence-electron chi connectivity index (χ4n) is 4.45. The van der Waals surface area contributed by atoms with Crippen molar-refractivity contribution < 1.29 is 27.5 Å². The summed E-state index contributed by atoms with van der Waals surface area (Å²) in [5.74, 6) is -0.301. The van der Waals surface area contributed by atoms with E-state index in [2.05, 4.69) is 10.3 Å². The number of rotatable bonds is 3. The van der Waals surface area contributed by atoms with Crippen molar-refractivity contribution >= 4 is 39.4 Å². The normalized spacial score (nSPS) is 20.2. The fraction of sp³-hybridized carbons (Fsp3) is 0.591. The third-order valence-electron chi connectivity index (χ3n) is 6.36. The third kappa shape index (κ3) is 4.87. The van der Waals surface area contributed by atoms with Gasteiger partial charge in [0.1, 0.15) is 11.9 Å². The number of aromatic nitrogens is 1. The summed E-state index contributed by atoms with van der Waals surface area (Å²) in [7, 11) is 1.43. The standard InChI is InChI=1S/C22H27F3N4O3S/c1-13-5-3-4-8-29(13)21(31)32-14-6-9-28(10-7-14)17-11-16(22(23,24)25)19-18(27-17)15(12-33-19)20(30)26-2/h11-14H,3-10H2,1-2H3,(H,26,30)/t13-/m0/s1. The second kappa shape index (κ2) is 9.36. The van der Waals surface area contributed by atoms with Gasteiger partial charge in [0.2, 0.25) is 0 Å². The Bertz CT molecular complexity index is 1030. The summed E-state index contributed by atoms with van der Waals surface area (Å²) < 4.78 is 46.9. The number of likely N-dealkylation sites (tertiary alicyclic amines) is 1. The zero-order chi connectivity index (χ0) is 23.8. The second-order valence-electron chi connectivity index (χ2n) is 8.54. The maximum Gasteiger partial charge on any atom is 0.417 e. The Morgan fingerprint density at radius 3 is 2.55 bits per heavy atom. The number of alkyl halides is 3. The SMILES string of the molecule is CNC(=O)c1csc2c(C(F)(F)F)cc(N3CCC(OC(=O)N4CCCC[C@@H]4C)CC3)nc12. The van der Waals surface area contributed by atoms with Gasteiger partial charge in [-0.05, 0) is 32.3 Å². The summed E-state index contributed by atoms with van der Waals surface area (Å²) in [4.78, 5) is 32.6. The molecule has 1 atom stereocenters. The van der Waals surface area contributed by atoms with Crippen LogP contribution < -0.4 is 10.2 Å². The first-order chi connectivity index (χ1) is 15.7. The average molecular weight is 485 g/mol. The van der Waals surface area contributed by atoms with Crippen molar-refractivity contribution in [1.29, 1.82) is 0 Å². The molecule has 2 amide bonds. The lowest BCUT2D eigenvalue weighted by Gasteiger charge is -2.36. The van der Waals surface area contributed by atoms with Crippen LogP contribution in [0.3, 0.4) is 0 Å². The van der Waals surface area contributed by atoms with E-state index in [-0.39, 0.29) is 39.8 Å². The van der Waals surface area contributed by atoms with Crippen LogP contribution in [-0.4, -0.2) is 60.7 Å². The van der Waals surface area contributed by atoms with Crippen LogP contribution in [0, 0.1) is 0 Å². The molecule has 0 saturated carbocycles. The summed E-state index contributed by atoms with van der Waals surface area (Å²) in [6, 6.07) is 1.21. The number of carbonyl (C=O) groups excluding carboxylic acids is 2. The number of pyridine rings is 1. The van der Waals surface area contributed by atoms with E-state index in [1.165, 1.54) is 12.4 Å². The Balaban J connectivity index is 1.50. The number of nitrogens with one attached hydrogen (secondary N) is 1. The number of ether oxygens (including phenoxy) is 1. The monoisotopic (exact) mass is 484 g/mol. The lowest BCUT2D eigenvalue weighted by molar-refractivity contribution is -0.136. The lowest BCUT2D eigenvalue weighted by atomic mass is 10.0. The molecule has 0 spiro atoms. The quantitative estimate of drug-likeness (QED) is 0.686. The molecule has 0 unspecified atom stereocenters. The Kier molecular flexibility index (Phi) is 6.69. The molecule has 0 radical (unpaired) electrons. The van der Waals surface area contributed by atoms with Crippen LogP contribution in [0.2, 0.25) is 0 Å². The van der Waals surface area contributed by atoms with Crippen LogP contribution in [0.15, 0.2) is 11.4 Å². The van der Waals surface area contributed by atoms with Crippen LogP contribution in [0.1, 0.15) is 54.9 Å². The van der Waals surface area contributed by atoms with E-state index in [0.717, 1.165) is 36.7 Å². The molecule has 11 heteroatoms. The third-order valence-corrected chi connectivity index (χ3v) is 7.36. The van der Waals surface area contributed by atoms with E-state index in [0.29, 0.717) is 32.5 Å². The van der Waals surface area contributed by atoms with Crippen LogP contribution in [0.5, 0.6) is 0 Å². The number of nitrogens with zero attached hydrogens (tertiary/aromatic N) is 3. The number of fused-ring (bicyclic) bond motifs is 1. The zero-order valence-electron chi connectivity index (χ0n) is 18.6. The highest BCUT2D eigenvalue weighted by atomic mass is 32.1. The fourth-order valence-corrected chi connectivity index (χ4v) is 5.47. The van der Waals surface area contributed by atoms with Gasteiger partial charge in [-0.1, -0.05) is 0 Å². The van der Waals surface area contributed by atoms with Crippen molar-refractivity contribution in [2.75, 3.05) is 31.6 Å². The Hall–Kier alpha value is -2.56. The van der Waals surface area contributed by atoms with E-state index < -0.39 is 17.6 Å². The number of hydrogen-bond donors (Lipinski definition) is 1. The largest absolute Gasteiger partial charge is 0.446 e. The molecule has 2 aromatic rings. The van der Waals surface area contributed by atoms with Crippen LogP contribution >= 0.6 is 11.3 Å². The van der Waals surface area contributed by atoms with Crippen molar-refractivity contribution in [2.45, 2.75) is 57.3 Å². The smallest absolute Gasteiger partial charge is 0.417 e. The molecule has 0 bridgehead atoms. The highest BCUT2D eigenvalue weighted by Crippen LogP contribution is 2.40. The highest BCUT2D eigenvalue weighted by molar-refractivity contribution is 7.17. The van der Waals surface area contributed by atoms with Gasteiger partial charge >= 0.3 is 12.3 Å². The number of carbonyl (C=O) groups is 2. The maximum absolute atomic E-state index is 13.8. The summed E-state index contributed by atoms with van der Waals surface area (Å²) in [5.41, 5.74) is -0.614. The number of thiophene rings is 1. The molecule has 2 aliphatic rings. The number of hydrogen-bond acceptors (Lipinski definition) is 6. The first-order valence-electron chi connectivity index (χ1n) is 11.1. The van der Waals surface area contributed by atoms with Gasteiger partial charge in [0.05, 0.1) is 21.3 Å². The predicted molar refractivity (Wildman–Crippen MR) is 120 cm³/mol. The molecule has 0 aliphatic carbocycles. The van der Waals surface area contributed by atoms with Crippen LogP contribution in [-0.2, 0) is 10.9 Å². The van der Waals surface area contributed by atoms with E-state index in [4.69, 9.17) is 4.74 Å². The minimum Gasteiger partial charge on any atom is -0.446 e. The van der Waals surface area contributed by atoms with Crippen LogP contribution in [0.25, 0.3) is 10.2 Å². The molecule has 2 fully saturated rings. The Morgan fingerprint density at radius 2 is 1.91 bits per heavy atom. The molecule has 0 aromatic carbocycles. The van der Waals surface area contributed by atoms with Gasteiger partial charge < -0.3 is 19.9 Å². The molecular formula is C22H27F3N4O3S. The van der Waals surface area contributed by atoms with Crippen molar-refractivity contribution in [3.05, 3.63) is 22.6 Å². The number of anilines is 1.